The van der Waals surface area contributed by atoms with Crippen LogP contribution < -0.4 is 4.74 Å². The third kappa shape index (κ3) is 4.14. The average Bonchev–Trinajstić information content (AvgIpc) is 3.37. The van der Waals surface area contributed by atoms with Crippen LogP contribution in [0.1, 0.15) is 11.4 Å². The zero-order chi connectivity index (χ0) is 20.4. The molecule has 0 aliphatic rings. The third-order valence-corrected chi connectivity index (χ3v) is 4.60. The summed E-state index contributed by atoms with van der Waals surface area (Å²) in [4.78, 5) is 0. The first-order valence-corrected chi connectivity index (χ1v) is 9.07. The van der Waals surface area contributed by atoms with Gasteiger partial charge in [-0.3, -0.25) is 0 Å². The molecule has 0 spiro atoms. The Labute approximate surface area is 169 Å². The monoisotopic (exact) mass is 417 g/mol. The summed E-state index contributed by atoms with van der Waals surface area (Å²) in [5.74, 6) is 0.529. The van der Waals surface area contributed by atoms with E-state index in [-0.39, 0.29) is 12.3 Å². The molecule has 4 rings (SSSR count). The third-order valence-electron chi connectivity index (χ3n) is 4.28. The van der Waals surface area contributed by atoms with E-state index in [1.807, 2.05) is 41.2 Å². The molecule has 0 saturated heterocycles. The van der Waals surface area contributed by atoms with E-state index in [1.54, 1.807) is 36.4 Å². The molecule has 4 aromatic rings. The maximum absolute atomic E-state index is 13.2. The van der Waals surface area contributed by atoms with Crippen LogP contribution in [0.2, 0.25) is 5.02 Å². The van der Waals surface area contributed by atoms with Crippen molar-refractivity contribution < 1.29 is 17.9 Å². The van der Waals surface area contributed by atoms with Gasteiger partial charge in [-0.1, -0.05) is 23.7 Å². The zero-order valence-corrected chi connectivity index (χ0v) is 15.7. The van der Waals surface area contributed by atoms with Gasteiger partial charge in [0.25, 0.3) is 0 Å². The van der Waals surface area contributed by atoms with Gasteiger partial charge in [-0.15, -0.1) is 0 Å². The summed E-state index contributed by atoms with van der Waals surface area (Å²) in [5, 5.41) is 3.99. The molecule has 0 radical (unpaired) electrons. The highest BCUT2D eigenvalue weighted by molar-refractivity contribution is 6.32. The minimum Gasteiger partial charge on any atom is -0.487 e. The van der Waals surface area contributed by atoms with Gasteiger partial charge in [0.2, 0.25) is 0 Å². The Morgan fingerprint density at radius 1 is 0.931 bits per heavy atom. The van der Waals surface area contributed by atoms with Crippen LogP contribution in [0, 0.1) is 0 Å². The lowest BCUT2D eigenvalue weighted by atomic mass is 10.3. The molecule has 148 valence electrons. The van der Waals surface area contributed by atoms with Gasteiger partial charge in [0.1, 0.15) is 12.4 Å². The molecule has 2 aromatic carbocycles. The van der Waals surface area contributed by atoms with Gasteiger partial charge in [0.05, 0.1) is 16.4 Å². The van der Waals surface area contributed by atoms with Crippen LogP contribution in [0.4, 0.5) is 13.2 Å². The second-order valence-corrected chi connectivity index (χ2v) is 6.66. The van der Waals surface area contributed by atoms with Crippen LogP contribution in [-0.2, 0) is 12.8 Å². The summed E-state index contributed by atoms with van der Waals surface area (Å²) >= 11 is 6.15. The van der Waals surface area contributed by atoms with Gasteiger partial charge in [0.15, 0.2) is 5.69 Å². The molecule has 0 N–H and O–H groups in total. The molecular weight excluding hydrogens is 403 g/mol. The second kappa shape index (κ2) is 7.67. The van der Waals surface area contributed by atoms with Gasteiger partial charge in [0, 0.05) is 18.1 Å². The van der Waals surface area contributed by atoms with E-state index in [2.05, 4.69) is 5.10 Å². The maximum atomic E-state index is 13.2. The highest BCUT2D eigenvalue weighted by Gasteiger charge is 2.35. The zero-order valence-electron chi connectivity index (χ0n) is 15.0. The summed E-state index contributed by atoms with van der Waals surface area (Å²) in [7, 11) is 0. The lowest BCUT2D eigenvalue weighted by molar-refractivity contribution is -0.141. The van der Waals surface area contributed by atoms with Crippen molar-refractivity contribution in [3.63, 3.8) is 0 Å². The van der Waals surface area contributed by atoms with E-state index < -0.39 is 11.9 Å². The normalized spacial score (nSPS) is 11.6. The van der Waals surface area contributed by atoms with Crippen molar-refractivity contribution >= 4 is 11.6 Å². The Balaban J connectivity index is 1.59. The van der Waals surface area contributed by atoms with Crippen molar-refractivity contribution in [2.24, 2.45) is 0 Å². The molecule has 8 heteroatoms. The Bertz CT molecular complexity index is 1100. The van der Waals surface area contributed by atoms with Crippen molar-refractivity contribution in [3.8, 4) is 17.1 Å². The summed E-state index contributed by atoms with van der Waals surface area (Å²) < 4.78 is 48.4. The number of aromatic nitrogens is 3. The molecule has 0 unspecified atom stereocenters. The molecule has 2 heterocycles. The van der Waals surface area contributed by atoms with Gasteiger partial charge in [-0.2, -0.15) is 18.3 Å². The van der Waals surface area contributed by atoms with E-state index in [4.69, 9.17) is 16.3 Å². The highest BCUT2D eigenvalue weighted by Crippen LogP contribution is 2.31. The van der Waals surface area contributed by atoms with E-state index in [0.717, 1.165) is 11.8 Å². The number of hydrogen-bond acceptors (Lipinski definition) is 2. The van der Waals surface area contributed by atoms with Crippen LogP contribution in [0.15, 0.2) is 79.1 Å². The molecule has 0 bridgehead atoms. The molecule has 2 aromatic heterocycles. The summed E-state index contributed by atoms with van der Waals surface area (Å²) in [5.41, 5.74) is 0.535. The van der Waals surface area contributed by atoms with Crippen LogP contribution in [0.25, 0.3) is 11.4 Å². The van der Waals surface area contributed by atoms with Crippen LogP contribution in [0.3, 0.4) is 0 Å². The number of para-hydroxylation sites is 1. The van der Waals surface area contributed by atoms with Crippen molar-refractivity contribution in [3.05, 3.63) is 95.5 Å². The van der Waals surface area contributed by atoms with Gasteiger partial charge < -0.3 is 9.30 Å². The number of halogens is 4. The highest BCUT2D eigenvalue weighted by atomic mass is 35.5. The first-order chi connectivity index (χ1) is 13.9. The minimum atomic E-state index is -4.57. The van der Waals surface area contributed by atoms with Gasteiger partial charge in [-0.25, -0.2) is 4.68 Å². The molecule has 0 amide bonds. The number of benzene rings is 2. The smallest absolute Gasteiger partial charge is 0.435 e. The van der Waals surface area contributed by atoms with Gasteiger partial charge in [-0.05, 0) is 54.6 Å². The first-order valence-electron chi connectivity index (χ1n) is 8.69. The molecule has 0 atom stereocenters. The number of ether oxygens (including phenoxy) is 1. The summed E-state index contributed by atoms with van der Waals surface area (Å²) in [6.45, 7) is -0.100. The maximum Gasteiger partial charge on any atom is 0.435 e. The van der Waals surface area contributed by atoms with Crippen LogP contribution >= 0.6 is 11.6 Å². The van der Waals surface area contributed by atoms with Crippen molar-refractivity contribution in [2.45, 2.75) is 12.8 Å². The Kier molecular flexibility index (Phi) is 5.07. The number of nitrogens with zero attached hydrogens (tertiary/aromatic N) is 3. The standard InChI is InChI=1S/C21H15ClF3N3O/c22-18-5-1-2-6-19(18)28-16(13-20(26-28)21(23,24)25)14-29-17-9-7-15(8-10-17)27-11-3-4-12-27/h1-13H,14H2. The quantitative estimate of drug-likeness (QED) is 0.404. The van der Waals surface area contributed by atoms with E-state index in [0.29, 0.717) is 16.5 Å². The van der Waals surface area contributed by atoms with Crippen LogP contribution in [0.5, 0.6) is 5.75 Å². The fraction of sp³-hybridized carbons (Fsp3) is 0.0952. The average molecular weight is 418 g/mol. The lowest BCUT2D eigenvalue weighted by Crippen LogP contribution is -2.08. The largest absolute Gasteiger partial charge is 0.487 e. The van der Waals surface area contributed by atoms with E-state index >= 15 is 0 Å². The lowest BCUT2D eigenvalue weighted by Gasteiger charge is -2.11. The Hall–Kier alpha value is -3.19. The van der Waals surface area contributed by atoms with Crippen LogP contribution in [-0.4, -0.2) is 14.3 Å². The SMILES string of the molecule is FC(F)(F)c1cc(COc2ccc(-n3cccc3)cc2)n(-c2ccccc2Cl)n1. The number of alkyl halides is 3. The fourth-order valence-electron chi connectivity index (χ4n) is 2.87. The van der Waals surface area contributed by atoms with Gasteiger partial charge >= 0.3 is 6.18 Å². The molecule has 0 aliphatic heterocycles. The van der Waals surface area contributed by atoms with E-state index in [1.165, 1.54) is 4.68 Å². The first kappa shape index (κ1) is 19.1. The van der Waals surface area contributed by atoms with Crippen molar-refractivity contribution in [1.82, 2.24) is 14.3 Å². The predicted molar refractivity (Wildman–Crippen MR) is 104 cm³/mol. The fourth-order valence-corrected chi connectivity index (χ4v) is 3.09. The Morgan fingerprint density at radius 2 is 1.62 bits per heavy atom. The molecule has 0 fully saturated rings. The molecule has 29 heavy (non-hydrogen) atoms. The molecule has 4 nitrogen and oxygen atoms in total. The predicted octanol–water partition coefficient (Wildman–Crippen LogP) is 5.91. The molecule has 0 saturated carbocycles. The van der Waals surface area contributed by atoms with Crippen molar-refractivity contribution in [2.75, 3.05) is 0 Å². The second-order valence-electron chi connectivity index (χ2n) is 6.25. The van der Waals surface area contributed by atoms with Crippen molar-refractivity contribution in [1.29, 1.82) is 0 Å². The topological polar surface area (TPSA) is 32.0 Å². The Morgan fingerprint density at radius 3 is 2.28 bits per heavy atom. The summed E-state index contributed by atoms with van der Waals surface area (Å²) in [6.07, 6.45) is -0.743. The molecular formula is C21H15ClF3N3O. The number of rotatable bonds is 5. The summed E-state index contributed by atoms with van der Waals surface area (Å²) in [6, 6.07) is 18.6. The minimum absolute atomic E-state index is 0.100. The number of hydrogen-bond donors (Lipinski definition) is 0. The molecule has 0 aliphatic carbocycles. The van der Waals surface area contributed by atoms with E-state index in [9.17, 15) is 13.2 Å².